The maximum Gasteiger partial charge on any atom is 0.293 e. The number of nitro groups is 1. The van der Waals surface area contributed by atoms with Gasteiger partial charge in [0, 0.05) is 28.9 Å². The fourth-order valence-electron chi connectivity index (χ4n) is 4.54. The predicted octanol–water partition coefficient (Wildman–Crippen LogP) is 5.12. The molecule has 0 radical (unpaired) electrons. The molecule has 0 amide bonds. The number of rotatable bonds is 8. The fraction of sp³-hybridized carbons (Fsp3) is 0.333. The SMILES string of the molecule is C[C@@H](Nc1nc(N)ncc1C#N)c1nc2cccc(S(C)(=O)=O)c2n1C1CC1.O=[N+]([O-])c1cccc(Br)c1NC1CC1. The van der Waals surface area contributed by atoms with Gasteiger partial charge in [-0.2, -0.15) is 10.2 Å². The quantitative estimate of drug-likeness (QED) is 0.168. The molecule has 42 heavy (non-hydrogen) atoms. The van der Waals surface area contributed by atoms with Crippen LogP contribution in [-0.4, -0.2) is 45.2 Å². The van der Waals surface area contributed by atoms with Gasteiger partial charge in [-0.05, 0) is 66.7 Å². The van der Waals surface area contributed by atoms with Crippen LogP contribution in [0.15, 0.2) is 52.0 Å². The zero-order valence-electron chi connectivity index (χ0n) is 22.8. The molecule has 2 heterocycles. The molecule has 13 nitrogen and oxygen atoms in total. The number of nitro benzene ring substituents is 1. The number of nitrogen functional groups attached to an aromatic ring is 1. The van der Waals surface area contributed by atoms with Crippen LogP contribution >= 0.6 is 15.9 Å². The van der Waals surface area contributed by atoms with Crippen molar-refractivity contribution >= 4 is 59.9 Å². The second-order valence-electron chi connectivity index (χ2n) is 10.2. The lowest BCUT2D eigenvalue weighted by atomic mass is 10.2. The molecule has 4 aromatic rings. The van der Waals surface area contributed by atoms with Gasteiger partial charge in [-0.1, -0.05) is 12.1 Å². The van der Waals surface area contributed by atoms with E-state index in [0.717, 1.165) is 30.2 Å². The van der Waals surface area contributed by atoms with Gasteiger partial charge in [0.25, 0.3) is 5.69 Å². The lowest BCUT2D eigenvalue weighted by Gasteiger charge is -2.17. The molecule has 0 spiro atoms. The minimum absolute atomic E-state index is 0.0590. The van der Waals surface area contributed by atoms with Crippen LogP contribution in [0.3, 0.4) is 0 Å². The summed E-state index contributed by atoms with van der Waals surface area (Å²) in [6, 6.07) is 12.4. The Labute approximate surface area is 250 Å². The van der Waals surface area contributed by atoms with Crippen molar-refractivity contribution in [2.45, 2.75) is 55.6 Å². The summed E-state index contributed by atoms with van der Waals surface area (Å²) in [4.78, 5) is 23.3. The van der Waals surface area contributed by atoms with Crippen molar-refractivity contribution in [3.63, 3.8) is 0 Å². The largest absolute Gasteiger partial charge is 0.376 e. The first-order valence-corrected chi connectivity index (χ1v) is 15.9. The smallest absolute Gasteiger partial charge is 0.293 e. The second kappa shape index (κ2) is 11.5. The molecule has 2 aromatic heterocycles. The molecule has 1 atom stereocenters. The Morgan fingerprint density at radius 1 is 1.19 bits per heavy atom. The van der Waals surface area contributed by atoms with Crippen molar-refractivity contribution < 1.29 is 13.3 Å². The van der Waals surface area contributed by atoms with Crippen molar-refractivity contribution in [1.82, 2.24) is 19.5 Å². The molecule has 4 N–H and O–H groups in total. The maximum atomic E-state index is 12.3. The Hall–Kier alpha value is -4.29. The van der Waals surface area contributed by atoms with Gasteiger partial charge in [-0.15, -0.1) is 0 Å². The van der Waals surface area contributed by atoms with Crippen LogP contribution in [0.4, 0.5) is 23.1 Å². The highest BCUT2D eigenvalue weighted by Crippen LogP contribution is 2.42. The number of hydrogen-bond donors (Lipinski definition) is 3. The van der Waals surface area contributed by atoms with E-state index in [9.17, 15) is 23.8 Å². The van der Waals surface area contributed by atoms with Crippen LogP contribution in [0.2, 0.25) is 0 Å². The molecule has 0 bridgehead atoms. The lowest BCUT2D eigenvalue weighted by Crippen LogP contribution is -2.16. The van der Waals surface area contributed by atoms with Gasteiger partial charge in [0.05, 0.1) is 33.1 Å². The Kier molecular flexibility index (Phi) is 8.02. The first kappa shape index (κ1) is 29.2. The topological polar surface area (TPSA) is 195 Å². The number of nitrogens with one attached hydrogen (secondary N) is 2. The van der Waals surface area contributed by atoms with E-state index in [0.29, 0.717) is 34.4 Å². The summed E-state index contributed by atoms with van der Waals surface area (Å²) in [7, 11) is -3.41. The van der Waals surface area contributed by atoms with Gasteiger partial charge < -0.3 is 20.9 Å². The maximum absolute atomic E-state index is 12.3. The number of fused-ring (bicyclic) bond motifs is 1. The second-order valence-corrected chi connectivity index (χ2v) is 13.1. The summed E-state index contributed by atoms with van der Waals surface area (Å²) in [5.41, 5.74) is 7.90. The van der Waals surface area contributed by atoms with Crippen LogP contribution in [-0.2, 0) is 9.84 Å². The van der Waals surface area contributed by atoms with E-state index in [1.165, 1.54) is 18.5 Å². The monoisotopic (exact) mass is 653 g/mol. The average molecular weight is 655 g/mol. The molecular formula is C27H28BrN9O4S. The Bertz CT molecular complexity index is 1830. The van der Waals surface area contributed by atoms with Gasteiger partial charge >= 0.3 is 0 Å². The number of imidazole rings is 1. The molecule has 15 heteroatoms. The number of aromatic nitrogens is 4. The summed E-state index contributed by atoms with van der Waals surface area (Å²) in [5.74, 6) is 1.07. The van der Waals surface area contributed by atoms with Crippen molar-refractivity contribution in [2.75, 3.05) is 22.6 Å². The fourth-order valence-corrected chi connectivity index (χ4v) is 5.89. The molecule has 0 saturated heterocycles. The van der Waals surface area contributed by atoms with Crippen LogP contribution in [0.25, 0.3) is 11.0 Å². The van der Waals surface area contributed by atoms with E-state index in [4.69, 9.17) is 10.7 Å². The summed E-state index contributed by atoms with van der Waals surface area (Å²) in [6.07, 6.45) is 6.69. The number of halogens is 1. The molecule has 6 rings (SSSR count). The highest BCUT2D eigenvalue weighted by molar-refractivity contribution is 9.10. The summed E-state index contributed by atoms with van der Waals surface area (Å²) in [5, 5.41) is 26.3. The molecule has 0 unspecified atom stereocenters. The first-order valence-electron chi connectivity index (χ1n) is 13.2. The number of hydrogen-bond acceptors (Lipinski definition) is 11. The Balaban J connectivity index is 0.000000211. The molecule has 2 aliphatic rings. The van der Waals surface area contributed by atoms with Crippen molar-refractivity contribution in [3.05, 3.63) is 68.6 Å². The van der Waals surface area contributed by atoms with Crippen molar-refractivity contribution in [3.8, 4) is 6.07 Å². The van der Waals surface area contributed by atoms with E-state index in [1.807, 2.05) is 23.6 Å². The Morgan fingerprint density at radius 3 is 2.52 bits per heavy atom. The van der Waals surface area contributed by atoms with E-state index < -0.39 is 9.84 Å². The normalized spacial score (nSPS) is 15.3. The Morgan fingerprint density at radius 2 is 1.90 bits per heavy atom. The van der Waals surface area contributed by atoms with Gasteiger partial charge in [0.2, 0.25) is 5.95 Å². The highest BCUT2D eigenvalue weighted by atomic mass is 79.9. The molecule has 2 aromatic carbocycles. The van der Waals surface area contributed by atoms with Gasteiger partial charge in [-0.25, -0.2) is 18.4 Å². The number of nitriles is 1. The van der Waals surface area contributed by atoms with Crippen LogP contribution in [0, 0.1) is 21.4 Å². The zero-order valence-corrected chi connectivity index (χ0v) is 25.2. The predicted molar refractivity (Wildman–Crippen MR) is 162 cm³/mol. The van der Waals surface area contributed by atoms with E-state index in [2.05, 4.69) is 36.5 Å². The third-order valence-corrected chi connectivity index (χ3v) is 8.58. The van der Waals surface area contributed by atoms with Crippen molar-refractivity contribution in [2.24, 2.45) is 0 Å². The molecule has 2 aliphatic carbocycles. The van der Waals surface area contributed by atoms with Crippen molar-refractivity contribution in [1.29, 1.82) is 5.26 Å². The number of sulfone groups is 1. The third kappa shape index (κ3) is 6.29. The average Bonchev–Trinajstić information content (AvgIpc) is 3.88. The van der Waals surface area contributed by atoms with Gasteiger partial charge in [0.15, 0.2) is 9.84 Å². The standard InChI is InChI=1S/C18H19N7O2S.C9H9BrN2O2/c1-10(22-16-11(8-19)9-21-18(20)24-16)17-23-13-4-3-5-14(28(2,26)27)15(13)25(17)12-6-7-12;10-7-2-1-3-8(12(13)14)9(7)11-6-4-5-6/h3-5,9-10,12H,6-7H2,1-2H3,(H3,20,21,22,24);1-3,6,11H,4-5H2/t10-;/m1./s1. The first-order chi connectivity index (χ1) is 20.0. The van der Waals surface area contributed by atoms with E-state index in [-0.39, 0.29) is 39.1 Å². The third-order valence-electron chi connectivity index (χ3n) is 6.79. The number of anilines is 3. The van der Waals surface area contributed by atoms with Gasteiger partial charge in [0.1, 0.15) is 29.0 Å². The molecule has 218 valence electrons. The molecular weight excluding hydrogens is 626 g/mol. The molecule has 2 fully saturated rings. The lowest BCUT2D eigenvalue weighted by molar-refractivity contribution is -0.384. The van der Waals surface area contributed by atoms with Gasteiger partial charge in [-0.3, -0.25) is 10.1 Å². The van der Waals surface area contributed by atoms with Crippen LogP contribution in [0.5, 0.6) is 0 Å². The van der Waals surface area contributed by atoms with E-state index in [1.54, 1.807) is 24.3 Å². The summed E-state index contributed by atoms with van der Waals surface area (Å²) >= 11 is 3.30. The summed E-state index contributed by atoms with van der Waals surface area (Å²) < 4.78 is 27.4. The number of benzene rings is 2. The van der Waals surface area contributed by atoms with E-state index >= 15 is 0 Å². The summed E-state index contributed by atoms with van der Waals surface area (Å²) in [6.45, 7) is 1.89. The number of para-hydroxylation sites is 2. The minimum atomic E-state index is -3.41. The van der Waals surface area contributed by atoms with Crippen LogP contribution < -0.4 is 16.4 Å². The number of nitrogens with two attached hydrogens (primary N) is 1. The zero-order chi connectivity index (χ0) is 30.2. The van der Waals surface area contributed by atoms with Crippen LogP contribution in [0.1, 0.15) is 56.1 Å². The highest BCUT2D eigenvalue weighted by Gasteiger charge is 2.32. The minimum Gasteiger partial charge on any atom is -0.376 e. The molecule has 0 aliphatic heterocycles. The molecule has 2 saturated carbocycles. The number of nitrogens with zero attached hydrogens (tertiary/aromatic N) is 6.